The predicted octanol–water partition coefficient (Wildman–Crippen LogP) is 4.87. The standard InChI is InChI=1S/C36H42N6O7/c1-19(2)32(36(45)38-23-10-8-9-22(15-23)35-40-30(18-46-4)41-42-35)39-27-14-12-24-25(17-28(27)44)26(37-20(3)43)13-11-21-16-29(47-5)33(48-6)34(49-7)31(21)24/h8-10,12,14-17,19,26,32H,11,13,18H2,1-7H3,(H,37,43)(H,38,45)(H,39,44)(H,40,41,42)/t26-,32+/m1/s1. The minimum atomic E-state index is -0.771. The second kappa shape index (κ2) is 15.2. The summed E-state index contributed by atoms with van der Waals surface area (Å²) in [6, 6.07) is 12.9. The zero-order valence-corrected chi connectivity index (χ0v) is 28.7. The average Bonchev–Trinajstić information content (AvgIpc) is 3.42. The van der Waals surface area contributed by atoms with Gasteiger partial charge in [0.2, 0.25) is 23.0 Å². The molecule has 0 bridgehead atoms. The van der Waals surface area contributed by atoms with Crippen molar-refractivity contribution in [3.8, 4) is 39.8 Å². The van der Waals surface area contributed by atoms with Gasteiger partial charge in [-0.25, -0.2) is 4.98 Å². The average molecular weight is 671 g/mol. The number of hydrogen-bond acceptors (Lipinski definition) is 10. The number of methoxy groups -OCH3 is 4. The summed E-state index contributed by atoms with van der Waals surface area (Å²) in [6.07, 6.45) is 1.11. The van der Waals surface area contributed by atoms with Gasteiger partial charge in [-0.2, -0.15) is 5.10 Å². The highest BCUT2D eigenvalue weighted by atomic mass is 16.5. The Labute approximate surface area is 284 Å². The summed E-state index contributed by atoms with van der Waals surface area (Å²) >= 11 is 0. The van der Waals surface area contributed by atoms with E-state index in [4.69, 9.17) is 18.9 Å². The lowest BCUT2D eigenvalue weighted by Gasteiger charge is -2.22. The number of aromatic amines is 1. The van der Waals surface area contributed by atoms with Crippen LogP contribution in [-0.2, 0) is 27.4 Å². The number of benzene rings is 2. The zero-order chi connectivity index (χ0) is 35.2. The molecule has 0 fully saturated rings. The van der Waals surface area contributed by atoms with Gasteiger partial charge in [0.1, 0.15) is 12.6 Å². The lowest BCUT2D eigenvalue weighted by molar-refractivity contribution is -0.120. The monoisotopic (exact) mass is 670 g/mol. The van der Waals surface area contributed by atoms with Crippen molar-refractivity contribution in [3.05, 3.63) is 75.7 Å². The Morgan fingerprint density at radius 2 is 1.78 bits per heavy atom. The minimum absolute atomic E-state index is 0.194. The van der Waals surface area contributed by atoms with Gasteiger partial charge >= 0.3 is 0 Å². The van der Waals surface area contributed by atoms with Gasteiger partial charge in [0.15, 0.2) is 23.1 Å². The molecule has 0 saturated carbocycles. The van der Waals surface area contributed by atoms with Crippen LogP contribution in [0, 0.1) is 5.92 Å². The van der Waals surface area contributed by atoms with Crippen LogP contribution in [0.4, 0.5) is 11.4 Å². The molecule has 3 aromatic carbocycles. The van der Waals surface area contributed by atoms with Crippen LogP contribution in [0.25, 0.3) is 22.5 Å². The molecule has 49 heavy (non-hydrogen) atoms. The number of carbonyl (C=O) groups is 2. The molecule has 0 aliphatic heterocycles. The van der Waals surface area contributed by atoms with E-state index in [1.807, 2.05) is 32.0 Å². The number of ether oxygens (including phenoxy) is 4. The molecule has 4 aromatic rings. The maximum atomic E-state index is 13.9. The maximum absolute atomic E-state index is 13.9. The van der Waals surface area contributed by atoms with Crippen molar-refractivity contribution in [1.29, 1.82) is 0 Å². The first-order valence-electron chi connectivity index (χ1n) is 15.9. The number of carbonyl (C=O) groups excluding carboxylic acids is 2. The number of anilines is 2. The molecule has 13 nitrogen and oxygen atoms in total. The van der Waals surface area contributed by atoms with Crippen molar-refractivity contribution in [2.75, 3.05) is 39.1 Å². The number of nitrogens with one attached hydrogen (secondary N) is 4. The van der Waals surface area contributed by atoms with Gasteiger partial charge in [0, 0.05) is 30.8 Å². The first-order valence-corrected chi connectivity index (χ1v) is 15.9. The molecule has 4 N–H and O–H groups in total. The summed E-state index contributed by atoms with van der Waals surface area (Å²) in [4.78, 5) is 44.4. The van der Waals surface area contributed by atoms with Gasteiger partial charge in [0.25, 0.3) is 0 Å². The van der Waals surface area contributed by atoms with Crippen LogP contribution in [0.2, 0.25) is 0 Å². The number of amides is 2. The third kappa shape index (κ3) is 7.51. The minimum Gasteiger partial charge on any atom is -0.493 e. The van der Waals surface area contributed by atoms with E-state index < -0.39 is 12.1 Å². The lowest BCUT2D eigenvalue weighted by Crippen LogP contribution is -2.39. The van der Waals surface area contributed by atoms with Crippen LogP contribution >= 0.6 is 0 Å². The highest BCUT2D eigenvalue weighted by molar-refractivity contribution is 5.97. The SMILES string of the molecule is COCc1nc(-c2cccc(NC(=O)[C@@H](Nc3ccc4c(cc3=O)[C@H](NC(C)=O)CCc3cc(OC)c(OC)c(OC)c3-4)C(C)C)c2)n[nH]1. The first-order chi connectivity index (χ1) is 23.6. The zero-order valence-electron chi connectivity index (χ0n) is 28.7. The van der Waals surface area contributed by atoms with E-state index in [1.165, 1.54) is 20.1 Å². The number of aryl methyl sites for hydroxylation is 1. The summed E-state index contributed by atoms with van der Waals surface area (Å²) in [7, 11) is 6.22. The Hall–Kier alpha value is -5.43. The van der Waals surface area contributed by atoms with Gasteiger partial charge in [-0.3, -0.25) is 19.5 Å². The number of fused-ring (bicyclic) bond motifs is 3. The second-order valence-corrected chi connectivity index (χ2v) is 12.1. The molecule has 0 saturated heterocycles. The van der Waals surface area contributed by atoms with Gasteiger partial charge in [0.05, 0.1) is 33.1 Å². The fraction of sp³-hybridized carbons (Fsp3) is 0.361. The molecule has 13 heteroatoms. The number of rotatable bonds is 12. The molecule has 1 aliphatic carbocycles. The van der Waals surface area contributed by atoms with Crippen molar-refractivity contribution in [3.63, 3.8) is 0 Å². The fourth-order valence-electron chi connectivity index (χ4n) is 6.11. The highest BCUT2D eigenvalue weighted by Gasteiger charge is 2.30. The van der Waals surface area contributed by atoms with E-state index in [-0.39, 0.29) is 28.8 Å². The third-order valence-corrected chi connectivity index (χ3v) is 8.38. The van der Waals surface area contributed by atoms with Crippen molar-refractivity contribution in [1.82, 2.24) is 20.5 Å². The smallest absolute Gasteiger partial charge is 0.247 e. The van der Waals surface area contributed by atoms with Crippen molar-refractivity contribution >= 4 is 23.2 Å². The molecule has 1 aliphatic rings. The van der Waals surface area contributed by atoms with Gasteiger partial charge in [-0.1, -0.05) is 32.0 Å². The Balaban J connectivity index is 1.52. The molecular weight excluding hydrogens is 628 g/mol. The van der Waals surface area contributed by atoms with Crippen LogP contribution in [0.1, 0.15) is 50.2 Å². The van der Waals surface area contributed by atoms with E-state index in [1.54, 1.807) is 45.6 Å². The number of H-pyrrole nitrogens is 1. The van der Waals surface area contributed by atoms with Crippen molar-refractivity contribution in [2.45, 2.75) is 52.3 Å². The lowest BCUT2D eigenvalue weighted by atomic mass is 9.95. The number of nitrogens with zero attached hydrogens (tertiary/aromatic N) is 2. The van der Waals surface area contributed by atoms with E-state index in [2.05, 4.69) is 31.1 Å². The number of hydrogen-bond donors (Lipinski definition) is 4. The van der Waals surface area contributed by atoms with Crippen LogP contribution < -0.4 is 35.6 Å². The highest BCUT2D eigenvalue weighted by Crippen LogP contribution is 2.50. The van der Waals surface area contributed by atoms with Crippen LogP contribution in [0.3, 0.4) is 0 Å². The summed E-state index contributed by atoms with van der Waals surface area (Å²) in [5, 5.41) is 16.3. The molecule has 0 radical (unpaired) electrons. The fourth-order valence-corrected chi connectivity index (χ4v) is 6.11. The van der Waals surface area contributed by atoms with Gasteiger partial charge in [-0.15, -0.1) is 0 Å². The van der Waals surface area contributed by atoms with Gasteiger partial charge in [-0.05, 0) is 65.8 Å². The normalized spacial score (nSPS) is 14.2. The van der Waals surface area contributed by atoms with Crippen LogP contribution in [0.5, 0.6) is 17.2 Å². The predicted molar refractivity (Wildman–Crippen MR) is 186 cm³/mol. The molecule has 0 unspecified atom stereocenters. The van der Waals surface area contributed by atoms with E-state index in [9.17, 15) is 14.4 Å². The second-order valence-electron chi connectivity index (χ2n) is 12.1. The molecule has 0 spiro atoms. The summed E-state index contributed by atoms with van der Waals surface area (Å²) < 4.78 is 22.3. The van der Waals surface area contributed by atoms with Crippen molar-refractivity contribution < 1.29 is 28.5 Å². The first kappa shape index (κ1) is 34.9. The number of aromatic nitrogens is 3. The molecule has 2 atom stereocenters. The maximum Gasteiger partial charge on any atom is 0.247 e. The van der Waals surface area contributed by atoms with E-state index in [0.29, 0.717) is 70.7 Å². The Bertz CT molecular complexity index is 1910. The Morgan fingerprint density at radius 1 is 1.00 bits per heavy atom. The van der Waals surface area contributed by atoms with Crippen molar-refractivity contribution in [2.24, 2.45) is 5.92 Å². The third-order valence-electron chi connectivity index (χ3n) is 8.38. The summed E-state index contributed by atoms with van der Waals surface area (Å²) in [5.41, 5.74) is 4.12. The van der Waals surface area contributed by atoms with E-state index >= 15 is 0 Å². The van der Waals surface area contributed by atoms with Crippen LogP contribution in [-0.4, -0.2) is 61.5 Å². The molecular formula is C36H42N6O7. The molecule has 258 valence electrons. The molecule has 1 aromatic heterocycles. The molecule has 2 amide bonds. The molecule has 1 heterocycles. The summed E-state index contributed by atoms with van der Waals surface area (Å²) in [5.74, 6) is 1.70. The van der Waals surface area contributed by atoms with Gasteiger partial charge < -0.3 is 34.9 Å². The Kier molecular flexibility index (Phi) is 10.8. The van der Waals surface area contributed by atoms with Crippen LogP contribution in [0.15, 0.2) is 53.3 Å². The summed E-state index contributed by atoms with van der Waals surface area (Å²) in [6.45, 7) is 5.54. The Morgan fingerprint density at radius 3 is 2.45 bits per heavy atom. The largest absolute Gasteiger partial charge is 0.493 e. The van der Waals surface area contributed by atoms with E-state index in [0.717, 1.165) is 11.1 Å². The molecule has 5 rings (SSSR count). The quantitative estimate of drug-likeness (QED) is 0.163. The topological polar surface area (TPSA) is 166 Å².